The van der Waals surface area contributed by atoms with Crippen LogP contribution in [0.15, 0.2) is 78.3 Å². The first-order valence-electron chi connectivity index (χ1n) is 11.1. The molecule has 0 saturated heterocycles. The fourth-order valence-electron chi connectivity index (χ4n) is 4.13. The zero-order valence-electron chi connectivity index (χ0n) is 19.8. The summed E-state index contributed by atoms with van der Waals surface area (Å²) in [5.41, 5.74) is 3.29. The first kappa shape index (κ1) is 23.4. The summed E-state index contributed by atoms with van der Waals surface area (Å²) in [5, 5.41) is 11.6. The van der Waals surface area contributed by atoms with Gasteiger partial charge in [-0.25, -0.2) is 4.68 Å². The number of halogens is 1. The van der Waals surface area contributed by atoms with Crippen molar-refractivity contribution in [2.24, 2.45) is 0 Å². The first-order valence-corrected chi connectivity index (χ1v) is 11.5. The van der Waals surface area contributed by atoms with E-state index in [0.717, 1.165) is 11.1 Å². The Hall–Kier alpha value is -4.37. The van der Waals surface area contributed by atoms with Gasteiger partial charge in [-0.1, -0.05) is 17.7 Å². The number of anilines is 2. The maximum Gasteiger partial charge on any atom is 0.255 e. The lowest BCUT2D eigenvalue weighted by molar-refractivity contribution is -0.113. The van der Waals surface area contributed by atoms with Crippen LogP contribution >= 0.6 is 11.6 Å². The van der Waals surface area contributed by atoms with E-state index in [4.69, 9.17) is 31.2 Å². The van der Waals surface area contributed by atoms with Crippen LogP contribution in [0, 0.1) is 0 Å². The number of ether oxygens (including phenoxy) is 2. The van der Waals surface area contributed by atoms with Crippen molar-refractivity contribution in [3.05, 3.63) is 88.8 Å². The molecule has 1 aliphatic heterocycles. The number of benzene rings is 2. The predicted molar refractivity (Wildman–Crippen MR) is 137 cm³/mol. The van der Waals surface area contributed by atoms with Crippen molar-refractivity contribution in [2.45, 2.75) is 13.0 Å². The normalized spacial score (nSPS) is 14.6. The molecule has 0 spiro atoms. The minimum absolute atomic E-state index is 0.290. The summed E-state index contributed by atoms with van der Waals surface area (Å²) in [6.45, 7) is 1.84. The van der Waals surface area contributed by atoms with E-state index in [1.54, 1.807) is 61.6 Å². The van der Waals surface area contributed by atoms with Crippen molar-refractivity contribution in [3.63, 3.8) is 0 Å². The molecule has 2 N–H and O–H groups in total. The molecule has 5 rings (SSSR count). The molecular formula is C26H23ClN6O3. The van der Waals surface area contributed by atoms with Crippen molar-refractivity contribution in [1.82, 2.24) is 19.7 Å². The minimum Gasteiger partial charge on any atom is -0.493 e. The maximum atomic E-state index is 13.6. The van der Waals surface area contributed by atoms with Gasteiger partial charge in [0.2, 0.25) is 5.95 Å². The van der Waals surface area contributed by atoms with Gasteiger partial charge in [0, 0.05) is 22.5 Å². The fraction of sp³-hybridized carbons (Fsp3) is 0.154. The Morgan fingerprint density at radius 1 is 1.08 bits per heavy atom. The number of carbonyl (C=O) groups is 1. The van der Waals surface area contributed by atoms with Gasteiger partial charge in [-0.05, 0) is 61.0 Å². The molecular weight excluding hydrogens is 480 g/mol. The van der Waals surface area contributed by atoms with Crippen LogP contribution in [0.2, 0.25) is 5.02 Å². The Balaban J connectivity index is 1.63. The van der Waals surface area contributed by atoms with E-state index in [1.165, 1.54) is 0 Å². The zero-order chi connectivity index (χ0) is 25.2. The number of carbonyl (C=O) groups excluding carboxylic acids is 1. The molecule has 9 nitrogen and oxygen atoms in total. The van der Waals surface area contributed by atoms with Crippen LogP contribution in [0.3, 0.4) is 0 Å². The summed E-state index contributed by atoms with van der Waals surface area (Å²) in [7, 11) is 3.15. The fourth-order valence-corrected chi connectivity index (χ4v) is 4.26. The van der Waals surface area contributed by atoms with Gasteiger partial charge >= 0.3 is 0 Å². The molecule has 1 unspecified atom stereocenters. The number of hydrogen-bond acceptors (Lipinski definition) is 7. The number of aromatic nitrogens is 4. The summed E-state index contributed by atoms with van der Waals surface area (Å²) in [6, 6.07) is 15.8. The number of allylic oxidation sites excluding steroid dienone is 1. The molecule has 1 aliphatic rings. The molecule has 0 saturated carbocycles. The molecule has 0 aliphatic carbocycles. The second kappa shape index (κ2) is 9.71. The van der Waals surface area contributed by atoms with Crippen LogP contribution in [0.5, 0.6) is 11.5 Å². The number of amides is 1. The minimum atomic E-state index is -0.591. The number of hydrogen-bond donors (Lipinski definition) is 2. The number of rotatable bonds is 6. The monoisotopic (exact) mass is 502 g/mol. The van der Waals surface area contributed by atoms with Gasteiger partial charge < -0.3 is 20.1 Å². The van der Waals surface area contributed by atoms with Gasteiger partial charge in [0.25, 0.3) is 5.91 Å². The van der Waals surface area contributed by atoms with E-state index in [0.29, 0.717) is 45.3 Å². The van der Waals surface area contributed by atoms with Crippen molar-refractivity contribution in [1.29, 1.82) is 0 Å². The average molecular weight is 503 g/mol. The summed E-state index contributed by atoms with van der Waals surface area (Å²) < 4.78 is 12.7. The summed E-state index contributed by atoms with van der Waals surface area (Å²) in [5.74, 6) is 1.84. The maximum absolute atomic E-state index is 13.6. The third-order valence-electron chi connectivity index (χ3n) is 5.84. The molecule has 0 bridgehead atoms. The lowest BCUT2D eigenvalue weighted by Gasteiger charge is -2.29. The third kappa shape index (κ3) is 4.36. The van der Waals surface area contributed by atoms with Crippen molar-refractivity contribution in [3.8, 4) is 22.9 Å². The van der Waals surface area contributed by atoms with Gasteiger partial charge in [-0.3, -0.25) is 9.78 Å². The largest absolute Gasteiger partial charge is 0.493 e. The highest BCUT2D eigenvalue weighted by atomic mass is 35.5. The van der Waals surface area contributed by atoms with Gasteiger partial charge in [0.05, 0.1) is 31.7 Å². The summed E-state index contributed by atoms with van der Waals surface area (Å²) in [6.07, 6.45) is 3.24. The summed E-state index contributed by atoms with van der Waals surface area (Å²) >= 11 is 6.06. The quantitative estimate of drug-likeness (QED) is 0.385. The molecule has 0 radical (unpaired) electrons. The molecule has 3 heterocycles. The first-order chi connectivity index (χ1) is 17.5. The van der Waals surface area contributed by atoms with Crippen LogP contribution < -0.4 is 20.1 Å². The van der Waals surface area contributed by atoms with Crippen molar-refractivity contribution < 1.29 is 14.3 Å². The standard InChI is InChI=1S/C26H23ClN6O3/c1-15-22(25(34)30-19-5-4-12-28-14-19)23(17-8-11-20(35-2)21(13-17)36-3)33-26(29-15)31-24(32-33)16-6-9-18(27)10-7-16/h4-14,23H,1-3H3,(H,30,34)(H,29,31,32). The van der Waals surface area contributed by atoms with Crippen LogP contribution in [-0.4, -0.2) is 39.9 Å². The Bertz CT molecular complexity index is 1450. The zero-order valence-corrected chi connectivity index (χ0v) is 20.6. The number of nitrogens with zero attached hydrogens (tertiary/aromatic N) is 4. The average Bonchev–Trinajstić information content (AvgIpc) is 3.31. The molecule has 2 aromatic heterocycles. The summed E-state index contributed by atoms with van der Waals surface area (Å²) in [4.78, 5) is 22.4. The van der Waals surface area contributed by atoms with Gasteiger partial charge in [0.15, 0.2) is 17.3 Å². The molecule has 2 aromatic carbocycles. The van der Waals surface area contributed by atoms with E-state index in [2.05, 4.69) is 15.6 Å². The Labute approximate surface area is 212 Å². The van der Waals surface area contributed by atoms with E-state index >= 15 is 0 Å². The molecule has 36 heavy (non-hydrogen) atoms. The van der Waals surface area contributed by atoms with Gasteiger partial charge in [-0.15, -0.1) is 5.10 Å². The Morgan fingerprint density at radius 3 is 2.56 bits per heavy atom. The smallest absolute Gasteiger partial charge is 0.255 e. The molecule has 1 amide bonds. The molecule has 0 fully saturated rings. The van der Waals surface area contributed by atoms with Gasteiger partial charge in [-0.2, -0.15) is 4.98 Å². The molecule has 10 heteroatoms. The highest BCUT2D eigenvalue weighted by Crippen LogP contribution is 2.39. The number of nitrogens with one attached hydrogen (secondary N) is 2. The van der Waals surface area contributed by atoms with Crippen molar-refractivity contribution in [2.75, 3.05) is 24.9 Å². The molecule has 182 valence electrons. The highest BCUT2D eigenvalue weighted by molar-refractivity contribution is 6.30. The van der Waals surface area contributed by atoms with Crippen LogP contribution in [0.1, 0.15) is 18.5 Å². The van der Waals surface area contributed by atoms with E-state index in [-0.39, 0.29) is 5.91 Å². The van der Waals surface area contributed by atoms with E-state index in [1.807, 2.05) is 31.2 Å². The van der Waals surface area contributed by atoms with E-state index < -0.39 is 6.04 Å². The third-order valence-corrected chi connectivity index (χ3v) is 6.09. The second-order valence-electron chi connectivity index (χ2n) is 8.09. The Morgan fingerprint density at radius 2 is 1.86 bits per heavy atom. The van der Waals surface area contributed by atoms with Gasteiger partial charge in [0.1, 0.15) is 6.04 Å². The lowest BCUT2D eigenvalue weighted by Crippen LogP contribution is -2.31. The molecule has 4 aromatic rings. The molecule has 1 atom stereocenters. The Kier molecular flexibility index (Phi) is 6.30. The van der Waals surface area contributed by atoms with Crippen LogP contribution in [0.4, 0.5) is 11.6 Å². The number of methoxy groups -OCH3 is 2. The predicted octanol–water partition coefficient (Wildman–Crippen LogP) is 4.94. The number of pyridine rings is 1. The highest BCUT2D eigenvalue weighted by Gasteiger charge is 2.35. The van der Waals surface area contributed by atoms with Crippen LogP contribution in [0.25, 0.3) is 11.4 Å². The second-order valence-corrected chi connectivity index (χ2v) is 8.52. The SMILES string of the molecule is COc1ccc(C2C(C(=O)Nc3cccnc3)=C(C)Nc3nc(-c4ccc(Cl)cc4)nn32)cc1OC. The topological polar surface area (TPSA) is 103 Å². The van der Waals surface area contributed by atoms with E-state index in [9.17, 15) is 4.79 Å². The van der Waals surface area contributed by atoms with Crippen molar-refractivity contribution >= 4 is 29.1 Å². The van der Waals surface area contributed by atoms with Crippen LogP contribution in [-0.2, 0) is 4.79 Å². The lowest BCUT2D eigenvalue weighted by atomic mass is 9.94. The number of fused-ring (bicyclic) bond motifs is 1.